The van der Waals surface area contributed by atoms with Gasteiger partial charge in [-0.2, -0.15) is 5.10 Å². The summed E-state index contributed by atoms with van der Waals surface area (Å²) in [5.74, 6) is 0.220. The Bertz CT molecular complexity index is 1350. The SMILES string of the molecule is CC(C)(c1ccccc1)c1cc(-n2nc3c(n2)CCC=C3)c(O)c(C(C)(C)c2ccccc2)c1. The summed E-state index contributed by atoms with van der Waals surface area (Å²) < 4.78 is 0. The van der Waals surface area contributed by atoms with Gasteiger partial charge in [-0.1, -0.05) is 101 Å². The second-order valence-electron chi connectivity index (χ2n) is 10.1. The molecule has 1 N–H and O–H groups in total. The Morgan fingerprint density at radius 3 is 2.00 bits per heavy atom. The molecule has 5 rings (SSSR count). The lowest BCUT2D eigenvalue weighted by Crippen LogP contribution is -2.24. The van der Waals surface area contributed by atoms with Gasteiger partial charge >= 0.3 is 0 Å². The molecule has 0 radical (unpaired) electrons. The first kappa shape index (κ1) is 22.1. The van der Waals surface area contributed by atoms with Crippen molar-refractivity contribution in [2.24, 2.45) is 0 Å². The van der Waals surface area contributed by atoms with Crippen molar-refractivity contribution < 1.29 is 5.11 Å². The largest absolute Gasteiger partial charge is 0.505 e. The van der Waals surface area contributed by atoms with Crippen LogP contribution in [0, 0.1) is 0 Å². The number of phenolic OH excluding ortho intramolecular Hbond substituents is 1. The van der Waals surface area contributed by atoms with Crippen molar-refractivity contribution in [3.63, 3.8) is 0 Å². The highest BCUT2D eigenvalue weighted by atomic mass is 16.3. The predicted molar refractivity (Wildman–Crippen MR) is 138 cm³/mol. The number of allylic oxidation sites excluding steroid dienone is 1. The van der Waals surface area contributed by atoms with Crippen molar-refractivity contribution in [1.29, 1.82) is 0 Å². The summed E-state index contributed by atoms with van der Waals surface area (Å²) in [6, 6.07) is 25.0. The van der Waals surface area contributed by atoms with Crippen molar-refractivity contribution >= 4 is 6.08 Å². The molecule has 1 aromatic heterocycles. The van der Waals surface area contributed by atoms with E-state index in [0.29, 0.717) is 5.69 Å². The summed E-state index contributed by atoms with van der Waals surface area (Å²) in [6.45, 7) is 8.76. The Labute approximate surface area is 201 Å². The molecule has 0 unspecified atom stereocenters. The highest BCUT2D eigenvalue weighted by Gasteiger charge is 2.33. The van der Waals surface area contributed by atoms with Gasteiger partial charge in [-0.05, 0) is 41.7 Å². The van der Waals surface area contributed by atoms with E-state index in [4.69, 9.17) is 10.2 Å². The summed E-state index contributed by atoms with van der Waals surface area (Å²) in [5, 5.41) is 21.1. The fourth-order valence-corrected chi connectivity index (χ4v) is 4.82. The van der Waals surface area contributed by atoms with Crippen LogP contribution >= 0.6 is 0 Å². The minimum absolute atomic E-state index is 0.220. The molecule has 0 spiro atoms. The van der Waals surface area contributed by atoms with Gasteiger partial charge < -0.3 is 5.11 Å². The molecule has 1 heterocycles. The first-order chi connectivity index (χ1) is 16.3. The van der Waals surface area contributed by atoms with Crippen LogP contribution in [0.1, 0.15) is 67.8 Å². The quantitative estimate of drug-likeness (QED) is 0.374. The Morgan fingerprint density at radius 2 is 1.38 bits per heavy atom. The Kier molecular flexibility index (Phi) is 5.40. The third-order valence-electron chi connectivity index (χ3n) is 7.23. The predicted octanol–water partition coefficient (Wildman–Crippen LogP) is 6.58. The molecule has 0 saturated heterocycles. The molecule has 0 aliphatic heterocycles. The lowest BCUT2D eigenvalue weighted by molar-refractivity contribution is 0.444. The third kappa shape index (κ3) is 3.73. The topological polar surface area (TPSA) is 50.9 Å². The maximum Gasteiger partial charge on any atom is 0.147 e. The number of hydrogen-bond donors (Lipinski definition) is 1. The maximum absolute atomic E-state index is 11.6. The van der Waals surface area contributed by atoms with Crippen LogP contribution in [-0.4, -0.2) is 20.1 Å². The average molecular weight is 450 g/mol. The van der Waals surface area contributed by atoms with E-state index in [0.717, 1.165) is 40.9 Å². The zero-order valence-corrected chi connectivity index (χ0v) is 20.3. The van der Waals surface area contributed by atoms with Gasteiger partial charge in [0.25, 0.3) is 0 Å². The van der Waals surface area contributed by atoms with Crippen LogP contribution in [0.5, 0.6) is 5.75 Å². The number of hydrogen-bond acceptors (Lipinski definition) is 3. The van der Waals surface area contributed by atoms with Crippen molar-refractivity contribution in [2.75, 3.05) is 0 Å². The molecule has 0 amide bonds. The van der Waals surface area contributed by atoms with Crippen molar-refractivity contribution in [1.82, 2.24) is 15.0 Å². The molecule has 3 aromatic carbocycles. The van der Waals surface area contributed by atoms with Crippen LogP contribution in [0.25, 0.3) is 11.8 Å². The molecule has 172 valence electrons. The molecular weight excluding hydrogens is 418 g/mol. The summed E-state index contributed by atoms with van der Waals surface area (Å²) in [6.07, 6.45) is 5.97. The lowest BCUT2D eigenvalue weighted by atomic mass is 9.72. The highest BCUT2D eigenvalue weighted by molar-refractivity contribution is 5.60. The van der Waals surface area contributed by atoms with E-state index < -0.39 is 5.41 Å². The van der Waals surface area contributed by atoms with E-state index in [-0.39, 0.29) is 11.2 Å². The van der Waals surface area contributed by atoms with Gasteiger partial charge in [-0.25, -0.2) is 0 Å². The van der Waals surface area contributed by atoms with Gasteiger partial charge in [-0.15, -0.1) is 9.90 Å². The summed E-state index contributed by atoms with van der Waals surface area (Å²) in [5.41, 5.74) is 6.08. The lowest BCUT2D eigenvalue weighted by Gasteiger charge is -2.32. The van der Waals surface area contributed by atoms with E-state index >= 15 is 0 Å². The van der Waals surface area contributed by atoms with Crippen molar-refractivity contribution in [3.8, 4) is 11.4 Å². The van der Waals surface area contributed by atoms with Crippen LogP contribution in [0.3, 0.4) is 0 Å². The first-order valence-electron chi connectivity index (χ1n) is 11.9. The number of fused-ring (bicyclic) bond motifs is 1. The van der Waals surface area contributed by atoms with Crippen LogP contribution < -0.4 is 0 Å². The maximum atomic E-state index is 11.6. The van der Waals surface area contributed by atoms with Crippen LogP contribution in [0.15, 0.2) is 78.9 Å². The number of phenols is 1. The Hall–Kier alpha value is -3.66. The zero-order chi connectivity index (χ0) is 23.9. The fourth-order valence-electron chi connectivity index (χ4n) is 4.82. The molecule has 0 bridgehead atoms. The van der Waals surface area contributed by atoms with Crippen LogP contribution in [0.2, 0.25) is 0 Å². The van der Waals surface area contributed by atoms with E-state index in [1.54, 1.807) is 4.80 Å². The van der Waals surface area contributed by atoms with Gasteiger partial charge in [0.15, 0.2) is 0 Å². The molecule has 0 saturated carbocycles. The van der Waals surface area contributed by atoms with E-state index in [1.165, 1.54) is 5.56 Å². The fraction of sp³-hybridized carbons (Fsp3) is 0.267. The smallest absolute Gasteiger partial charge is 0.147 e. The van der Waals surface area contributed by atoms with Crippen LogP contribution in [-0.2, 0) is 17.3 Å². The second kappa shape index (κ2) is 8.28. The summed E-state index contributed by atoms with van der Waals surface area (Å²) in [7, 11) is 0. The first-order valence-corrected chi connectivity index (χ1v) is 11.9. The van der Waals surface area contributed by atoms with Gasteiger partial charge in [0.2, 0.25) is 0 Å². The Balaban J connectivity index is 1.75. The van der Waals surface area contributed by atoms with E-state index in [9.17, 15) is 5.11 Å². The second-order valence-corrected chi connectivity index (χ2v) is 10.1. The minimum atomic E-state index is -0.421. The number of aryl methyl sites for hydroxylation is 1. The van der Waals surface area contributed by atoms with E-state index in [1.807, 2.05) is 36.4 Å². The van der Waals surface area contributed by atoms with Crippen molar-refractivity contribution in [3.05, 3.63) is 113 Å². The van der Waals surface area contributed by atoms with Crippen LogP contribution in [0.4, 0.5) is 0 Å². The third-order valence-corrected chi connectivity index (χ3v) is 7.23. The molecule has 4 heteroatoms. The number of benzene rings is 3. The van der Waals surface area contributed by atoms with Crippen molar-refractivity contribution in [2.45, 2.75) is 51.4 Å². The summed E-state index contributed by atoms with van der Waals surface area (Å²) in [4.78, 5) is 1.62. The standard InChI is InChI=1S/C30H31N3O/c1-29(2,21-13-7-5-8-14-21)23-19-24(30(3,4)22-15-9-6-10-16-22)28(34)27(20-23)33-31-25-17-11-12-18-26(25)32-33/h5-11,13-17,19-20,34H,12,18H2,1-4H3. The summed E-state index contributed by atoms with van der Waals surface area (Å²) >= 11 is 0. The number of aromatic hydroxyl groups is 1. The zero-order valence-electron chi connectivity index (χ0n) is 20.3. The molecule has 4 nitrogen and oxygen atoms in total. The molecule has 0 atom stereocenters. The molecule has 1 aliphatic rings. The average Bonchev–Trinajstić information content (AvgIpc) is 3.29. The number of aromatic nitrogens is 3. The Morgan fingerprint density at radius 1 is 0.765 bits per heavy atom. The highest BCUT2D eigenvalue weighted by Crippen LogP contribution is 2.43. The van der Waals surface area contributed by atoms with Gasteiger partial charge in [-0.3, -0.25) is 0 Å². The molecule has 1 aliphatic carbocycles. The van der Waals surface area contributed by atoms with Gasteiger partial charge in [0.05, 0.1) is 5.69 Å². The monoisotopic (exact) mass is 449 g/mol. The minimum Gasteiger partial charge on any atom is -0.505 e. The van der Waals surface area contributed by atoms with E-state index in [2.05, 4.69) is 76.2 Å². The normalized spacial score (nSPS) is 13.6. The number of nitrogens with zero attached hydrogens (tertiary/aromatic N) is 3. The number of rotatable bonds is 5. The molecule has 0 fully saturated rings. The van der Waals surface area contributed by atoms with Gasteiger partial charge in [0, 0.05) is 16.4 Å². The molecule has 34 heavy (non-hydrogen) atoms. The molecule has 4 aromatic rings. The molecular formula is C30H31N3O. The van der Waals surface area contributed by atoms with Gasteiger partial charge in [0.1, 0.15) is 17.1 Å².